The first kappa shape index (κ1) is 15.3. The summed E-state index contributed by atoms with van der Waals surface area (Å²) in [7, 11) is 0. The van der Waals surface area contributed by atoms with Gasteiger partial charge in [0, 0.05) is 30.8 Å². The average Bonchev–Trinajstić information content (AvgIpc) is 3.07. The quantitative estimate of drug-likeness (QED) is 0.848. The van der Waals surface area contributed by atoms with E-state index in [9.17, 15) is 4.79 Å². The van der Waals surface area contributed by atoms with Gasteiger partial charge in [-0.1, -0.05) is 36.4 Å². The zero-order chi connectivity index (χ0) is 15.2. The fraction of sp³-hybridized carbons (Fsp3) is 0.389. The highest BCUT2D eigenvalue weighted by Gasteiger charge is 2.24. The summed E-state index contributed by atoms with van der Waals surface area (Å²) >= 11 is 1.72. The van der Waals surface area contributed by atoms with Gasteiger partial charge in [-0.25, -0.2) is 0 Å². The first-order valence-corrected chi connectivity index (χ1v) is 8.65. The van der Waals surface area contributed by atoms with Crippen LogP contribution in [0.3, 0.4) is 0 Å². The summed E-state index contributed by atoms with van der Waals surface area (Å²) in [5.74, 6) is 0.245. The predicted molar refractivity (Wildman–Crippen MR) is 89.1 cm³/mol. The Balaban J connectivity index is 1.50. The van der Waals surface area contributed by atoms with Crippen molar-refractivity contribution in [1.82, 2.24) is 4.90 Å². The van der Waals surface area contributed by atoms with Crippen molar-refractivity contribution < 1.29 is 9.53 Å². The van der Waals surface area contributed by atoms with Crippen molar-refractivity contribution in [3.05, 3.63) is 58.3 Å². The van der Waals surface area contributed by atoms with Gasteiger partial charge in [0.25, 0.3) is 0 Å². The number of hydrogen-bond donors (Lipinski definition) is 0. The lowest BCUT2D eigenvalue weighted by Crippen LogP contribution is -2.46. The standard InChI is InChI=1S/C18H21NO2S/c20-18(9-8-17-7-4-12-22-17)19-10-11-21-16(14-19)13-15-5-2-1-3-6-15/h1-7,12,16H,8-11,13-14H2. The number of benzene rings is 1. The Hall–Kier alpha value is -1.65. The van der Waals surface area contributed by atoms with E-state index in [0.29, 0.717) is 26.1 Å². The molecule has 2 heterocycles. The first-order valence-electron chi connectivity index (χ1n) is 7.77. The van der Waals surface area contributed by atoms with Gasteiger partial charge in [-0.3, -0.25) is 4.79 Å². The highest BCUT2D eigenvalue weighted by Crippen LogP contribution is 2.15. The number of aryl methyl sites for hydroxylation is 1. The van der Waals surface area contributed by atoms with Crippen LogP contribution in [-0.4, -0.2) is 36.6 Å². The van der Waals surface area contributed by atoms with Crippen LogP contribution in [0.1, 0.15) is 16.9 Å². The van der Waals surface area contributed by atoms with Crippen LogP contribution in [-0.2, 0) is 22.4 Å². The Morgan fingerprint density at radius 3 is 2.86 bits per heavy atom. The molecule has 0 aliphatic carbocycles. The number of nitrogens with zero attached hydrogens (tertiary/aromatic N) is 1. The van der Waals surface area contributed by atoms with Gasteiger partial charge < -0.3 is 9.64 Å². The lowest BCUT2D eigenvalue weighted by atomic mass is 10.1. The maximum Gasteiger partial charge on any atom is 0.223 e. The molecular weight excluding hydrogens is 294 g/mol. The number of rotatable bonds is 5. The summed E-state index contributed by atoms with van der Waals surface area (Å²) in [6.07, 6.45) is 2.42. The van der Waals surface area contributed by atoms with Gasteiger partial charge in [0.1, 0.15) is 0 Å². The summed E-state index contributed by atoms with van der Waals surface area (Å²) in [6, 6.07) is 14.5. The van der Waals surface area contributed by atoms with Crippen molar-refractivity contribution in [2.24, 2.45) is 0 Å². The number of hydrogen-bond acceptors (Lipinski definition) is 3. The minimum atomic E-state index is 0.113. The molecule has 0 radical (unpaired) electrons. The molecule has 1 atom stereocenters. The molecule has 0 saturated carbocycles. The second-order valence-corrected chi connectivity index (χ2v) is 6.63. The molecular formula is C18H21NO2S. The fourth-order valence-corrected chi connectivity index (χ4v) is 3.50. The molecule has 3 nitrogen and oxygen atoms in total. The van der Waals surface area contributed by atoms with Gasteiger partial charge in [-0.05, 0) is 23.4 Å². The van der Waals surface area contributed by atoms with Crippen LogP contribution in [0.2, 0.25) is 0 Å². The van der Waals surface area contributed by atoms with E-state index >= 15 is 0 Å². The molecule has 1 amide bonds. The van der Waals surface area contributed by atoms with Crippen molar-refractivity contribution in [2.45, 2.75) is 25.4 Å². The van der Waals surface area contributed by atoms with Gasteiger partial charge in [0.15, 0.2) is 0 Å². The van der Waals surface area contributed by atoms with E-state index in [-0.39, 0.29) is 12.0 Å². The van der Waals surface area contributed by atoms with Crippen LogP contribution < -0.4 is 0 Å². The Kier molecular flexibility index (Phi) is 5.24. The molecule has 1 aliphatic heterocycles. The topological polar surface area (TPSA) is 29.5 Å². The van der Waals surface area contributed by atoms with Gasteiger partial charge in [-0.15, -0.1) is 11.3 Å². The van der Waals surface area contributed by atoms with Gasteiger partial charge in [-0.2, -0.15) is 0 Å². The Morgan fingerprint density at radius 1 is 1.23 bits per heavy atom. The second kappa shape index (κ2) is 7.56. The van der Waals surface area contributed by atoms with Crippen LogP contribution in [0.15, 0.2) is 47.8 Å². The van der Waals surface area contributed by atoms with E-state index in [1.54, 1.807) is 11.3 Å². The Morgan fingerprint density at radius 2 is 2.09 bits per heavy atom. The molecule has 22 heavy (non-hydrogen) atoms. The molecule has 4 heteroatoms. The number of thiophene rings is 1. The molecule has 1 unspecified atom stereocenters. The number of amides is 1. The molecule has 0 spiro atoms. The SMILES string of the molecule is O=C(CCc1cccs1)N1CCOC(Cc2ccccc2)C1. The first-order chi connectivity index (χ1) is 10.8. The van der Waals surface area contributed by atoms with Crippen LogP contribution >= 0.6 is 11.3 Å². The van der Waals surface area contributed by atoms with E-state index in [4.69, 9.17) is 4.74 Å². The third kappa shape index (κ3) is 4.18. The van der Waals surface area contributed by atoms with E-state index in [1.807, 2.05) is 29.2 Å². The average molecular weight is 315 g/mol. The highest BCUT2D eigenvalue weighted by atomic mass is 32.1. The summed E-state index contributed by atoms with van der Waals surface area (Å²) in [5, 5.41) is 2.06. The summed E-state index contributed by atoms with van der Waals surface area (Å²) in [4.78, 5) is 15.6. The van der Waals surface area contributed by atoms with Gasteiger partial charge in [0.2, 0.25) is 5.91 Å². The maximum atomic E-state index is 12.4. The van der Waals surface area contributed by atoms with E-state index < -0.39 is 0 Å². The van der Waals surface area contributed by atoms with Crippen molar-refractivity contribution in [2.75, 3.05) is 19.7 Å². The molecule has 2 aromatic rings. The number of carbonyl (C=O) groups excluding carboxylic acids is 1. The third-order valence-electron chi connectivity index (χ3n) is 3.96. The molecule has 116 valence electrons. The lowest BCUT2D eigenvalue weighted by molar-refractivity contribution is -0.138. The highest BCUT2D eigenvalue weighted by molar-refractivity contribution is 7.09. The Labute approximate surface area is 135 Å². The van der Waals surface area contributed by atoms with Crippen molar-refractivity contribution in [1.29, 1.82) is 0 Å². The monoisotopic (exact) mass is 315 g/mol. The van der Waals surface area contributed by atoms with Crippen LogP contribution in [0.5, 0.6) is 0 Å². The summed E-state index contributed by atoms with van der Waals surface area (Å²) < 4.78 is 5.82. The van der Waals surface area contributed by atoms with Crippen molar-refractivity contribution in [3.8, 4) is 0 Å². The smallest absolute Gasteiger partial charge is 0.223 e. The molecule has 3 rings (SSSR count). The minimum absolute atomic E-state index is 0.113. The van der Waals surface area contributed by atoms with E-state index in [2.05, 4.69) is 23.6 Å². The molecule has 0 bridgehead atoms. The van der Waals surface area contributed by atoms with E-state index in [1.165, 1.54) is 10.4 Å². The van der Waals surface area contributed by atoms with Crippen LogP contribution in [0, 0.1) is 0 Å². The van der Waals surface area contributed by atoms with Crippen molar-refractivity contribution >= 4 is 17.2 Å². The predicted octanol–water partition coefficient (Wildman–Crippen LogP) is 3.15. The zero-order valence-electron chi connectivity index (χ0n) is 12.6. The lowest BCUT2D eigenvalue weighted by Gasteiger charge is -2.33. The summed E-state index contributed by atoms with van der Waals surface area (Å²) in [5.41, 5.74) is 1.26. The van der Waals surface area contributed by atoms with Gasteiger partial charge >= 0.3 is 0 Å². The van der Waals surface area contributed by atoms with Crippen molar-refractivity contribution in [3.63, 3.8) is 0 Å². The second-order valence-electron chi connectivity index (χ2n) is 5.60. The maximum absolute atomic E-state index is 12.4. The third-order valence-corrected chi connectivity index (χ3v) is 4.90. The molecule has 1 fully saturated rings. The molecule has 0 N–H and O–H groups in total. The molecule has 1 aromatic heterocycles. The summed E-state index contributed by atoms with van der Waals surface area (Å²) in [6.45, 7) is 2.06. The minimum Gasteiger partial charge on any atom is -0.374 e. The molecule has 1 aromatic carbocycles. The number of ether oxygens (including phenoxy) is 1. The van der Waals surface area contributed by atoms with Crippen LogP contribution in [0.25, 0.3) is 0 Å². The molecule has 1 saturated heterocycles. The van der Waals surface area contributed by atoms with Gasteiger partial charge in [0.05, 0.1) is 12.7 Å². The zero-order valence-corrected chi connectivity index (χ0v) is 13.4. The normalized spacial score (nSPS) is 18.4. The van der Waals surface area contributed by atoms with E-state index in [0.717, 1.165) is 12.8 Å². The fourth-order valence-electron chi connectivity index (χ4n) is 2.79. The number of morpholine rings is 1. The largest absolute Gasteiger partial charge is 0.374 e. The number of carbonyl (C=O) groups is 1. The Bertz CT molecular complexity index is 582. The molecule has 1 aliphatic rings. The van der Waals surface area contributed by atoms with Crippen LogP contribution in [0.4, 0.5) is 0 Å².